The van der Waals surface area contributed by atoms with Crippen molar-refractivity contribution in [3.8, 4) is 0 Å². The van der Waals surface area contributed by atoms with E-state index in [4.69, 9.17) is 0 Å². The molecule has 2 rings (SSSR count). The molecule has 0 heterocycles. The molecule has 0 spiro atoms. The maximum atomic E-state index is 11.1. The van der Waals surface area contributed by atoms with Crippen LogP contribution >= 0.6 is 0 Å². The van der Waals surface area contributed by atoms with Crippen molar-refractivity contribution in [3.63, 3.8) is 0 Å². The highest BCUT2D eigenvalue weighted by Gasteiger charge is 2.30. The summed E-state index contributed by atoms with van der Waals surface area (Å²) in [6.07, 6.45) is 6.44. The molecule has 0 aromatic heterocycles. The standard InChI is InChI=1S/C10H14O/c1-7-2-3-8-4-5-9(11)6-10(7)8/h6-8H,2-5H2,1H3/t7-,8+/m1/s1. The molecule has 1 fully saturated rings. The summed E-state index contributed by atoms with van der Waals surface area (Å²) in [6.45, 7) is 2.24. The lowest BCUT2D eigenvalue weighted by atomic mass is 9.87. The van der Waals surface area contributed by atoms with E-state index < -0.39 is 0 Å². The summed E-state index contributed by atoms with van der Waals surface area (Å²) < 4.78 is 0. The van der Waals surface area contributed by atoms with Crippen LogP contribution in [0.1, 0.15) is 32.6 Å². The number of rotatable bonds is 0. The smallest absolute Gasteiger partial charge is 0.155 e. The van der Waals surface area contributed by atoms with Crippen LogP contribution in [0.3, 0.4) is 0 Å². The number of carbonyl (C=O) groups excluding carboxylic acids is 1. The molecule has 1 heteroatoms. The fourth-order valence-electron chi connectivity index (χ4n) is 2.33. The third-order valence-corrected chi connectivity index (χ3v) is 3.06. The lowest BCUT2D eigenvalue weighted by molar-refractivity contribution is -0.115. The lowest BCUT2D eigenvalue weighted by Gasteiger charge is -2.17. The Balaban J connectivity index is 2.27. The van der Waals surface area contributed by atoms with Gasteiger partial charge in [0.2, 0.25) is 0 Å². The summed E-state index contributed by atoms with van der Waals surface area (Å²) in [4.78, 5) is 11.1. The van der Waals surface area contributed by atoms with Crippen LogP contribution in [0.4, 0.5) is 0 Å². The second kappa shape index (κ2) is 2.47. The van der Waals surface area contributed by atoms with E-state index in [0.717, 1.165) is 18.8 Å². The Kier molecular flexibility index (Phi) is 1.59. The molecule has 0 aliphatic heterocycles. The minimum atomic E-state index is 0.352. The fourth-order valence-corrected chi connectivity index (χ4v) is 2.33. The average molecular weight is 150 g/mol. The lowest BCUT2D eigenvalue weighted by Crippen LogP contribution is -2.11. The van der Waals surface area contributed by atoms with Crippen molar-refractivity contribution in [3.05, 3.63) is 11.6 Å². The number of allylic oxidation sites excluding steroid dienone is 2. The number of fused-ring (bicyclic) bond motifs is 1. The fraction of sp³-hybridized carbons (Fsp3) is 0.700. The molecular formula is C10H14O. The molecule has 2 aliphatic rings. The van der Waals surface area contributed by atoms with Gasteiger partial charge in [0.1, 0.15) is 0 Å². The monoisotopic (exact) mass is 150 g/mol. The predicted octanol–water partition coefficient (Wildman–Crippen LogP) is 2.32. The van der Waals surface area contributed by atoms with Crippen LogP contribution in [0.2, 0.25) is 0 Å². The summed E-state index contributed by atoms with van der Waals surface area (Å²) in [7, 11) is 0. The number of ketones is 1. The Morgan fingerprint density at radius 1 is 1.36 bits per heavy atom. The van der Waals surface area contributed by atoms with Crippen molar-refractivity contribution in [2.24, 2.45) is 11.8 Å². The van der Waals surface area contributed by atoms with Gasteiger partial charge in [-0.05, 0) is 37.2 Å². The maximum Gasteiger partial charge on any atom is 0.155 e. The summed E-state index contributed by atoms with van der Waals surface area (Å²) >= 11 is 0. The van der Waals surface area contributed by atoms with E-state index in [-0.39, 0.29) is 0 Å². The average Bonchev–Trinajstić information content (AvgIpc) is 2.33. The van der Waals surface area contributed by atoms with Gasteiger partial charge in [-0.2, -0.15) is 0 Å². The molecule has 2 aliphatic carbocycles. The molecule has 1 nitrogen and oxygen atoms in total. The molecule has 0 aromatic carbocycles. The van der Waals surface area contributed by atoms with Gasteiger partial charge in [0, 0.05) is 6.42 Å². The molecule has 0 amide bonds. The van der Waals surface area contributed by atoms with Gasteiger partial charge in [-0.1, -0.05) is 12.5 Å². The molecule has 1 saturated carbocycles. The molecule has 0 N–H and O–H groups in total. The normalized spacial score (nSPS) is 36.8. The second-order valence-corrected chi connectivity index (χ2v) is 3.82. The van der Waals surface area contributed by atoms with Gasteiger partial charge in [0.15, 0.2) is 5.78 Å². The summed E-state index contributed by atoms with van der Waals surface area (Å²) in [5.41, 5.74) is 1.45. The van der Waals surface area contributed by atoms with Gasteiger partial charge in [0.05, 0.1) is 0 Å². The minimum absolute atomic E-state index is 0.352. The molecule has 0 saturated heterocycles. The topological polar surface area (TPSA) is 17.1 Å². The highest BCUT2D eigenvalue weighted by molar-refractivity contribution is 5.91. The van der Waals surface area contributed by atoms with Gasteiger partial charge in [0.25, 0.3) is 0 Å². The number of carbonyl (C=O) groups is 1. The summed E-state index contributed by atoms with van der Waals surface area (Å²) in [5.74, 6) is 1.80. The maximum absolute atomic E-state index is 11.1. The summed E-state index contributed by atoms with van der Waals surface area (Å²) in [6, 6.07) is 0. The molecule has 0 aromatic rings. The van der Waals surface area contributed by atoms with Crippen molar-refractivity contribution in [2.45, 2.75) is 32.6 Å². The quantitative estimate of drug-likeness (QED) is 0.518. The molecule has 0 radical (unpaired) electrons. The van der Waals surface area contributed by atoms with E-state index in [9.17, 15) is 4.79 Å². The van der Waals surface area contributed by atoms with Crippen LogP contribution < -0.4 is 0 Å². The van der Waals surface area contributed by atoms with Gasteiger partial charge in [-0.25, -0.2) is 0 Å². The Morgan fingerprint density at radius 3 is 3.00 bits per heavy atom. The van der Waals surface area contributed by atoms with E-state index in [1.807, 2.05) is 6.08 Å². The van der Waals surface area contributed by atoms with Crippen molar-refractivity contribution in [1.29, 1.82) is 0 Å². The van der Waals surface area contributed by atoms with Crippen LogP contribution in [0.25, 0.3) is 0 Å². The largest absolute Gasteiger partial charge is 0.295 e. The zero-order chi connectivity index (χ0) is 7.84. The van der Waals surface area contributed by atoms with Gasteiger partial charge >= 0.3 is 0 Å². The molecule has 0 bridgehead atoms. The van der Waals surface area contributed by atoms with Crippen molar-refractivity contribution < 1.29 is 4.79 Å². The first-order chi connectivity index (χ1) is 5.27. The SMILES string of the molecule is C[C@@H]1CC[C@H]2CCC(=O)C=C21. The Labute approximate surface area is 67.5 Å². The van der Waals surface area contributed by atoms with E-state index in [0.29, 0.717) is 11.7 Å². The first-order valence-corrected chi connectivity index (χ1v) is 4.51. The van der Waals surface area contributed by atoms with Crippen LogP contribution in [0.5, 0.6) is 0 Å². The van der Waals surface area contributed by atoms with Gasteiger partial charge in [-0.15, -0.1) is 0 Å². The van der Waals surface area contributed by atoms with E-state index in [1.165, 1.54) is 18.4 Å². The van der Waals surface area contributed by atoms with Crippen molar-refractivity contribution in [1.82, 2.24) is 0 Å². The summed E-state index contributed by atoms with van der Waals surface area (Å²) in [5, 5.41) is 0. The van der Waals surface area contributed by atoms with Crippen molar-refractivity contribution in [2.75, 3.05) is 0 Å². The minimum Gasteiger partial charge on any atom is -0.295 e. The molecule has 0 unspecified atom stereocenters. The zero-order valence-corrected chi connectivity index (χ0v) is 6.97. The van der Waals surface area contributed by atoms with Crippen molar-refractivity contribution >= 4 is 5.78 Å². The van der Waals surface area contributed by atoms with E-state index in [2.05, 4.69) is 6.92 Å². The molecule has 60 valence electrons. The highest BCUT2D eigenvalue weighted by Crippen LogP contribution is 2.40. The Hall–Kier alpha value is -0.590. The molecular weight excluding hydrogens is 136 g/mol. The second-order valence-electron chi connectivity index (χ2n) is 3.82. The van der Waals surface area contributed by atoms with Gasteiger partial charge in [-0.3, -0.25) is 4.79 Å². The molecule has 11 heavy (non-hydrogen) atoms. The van der Waals surface area contributed by atoms with Gasteiger partial charge < -0.3 is 0 Å². The Morgan fingerprint density at radius 2 is 2.18 bits per heavy atom. The highest BCUT2D eigenvalue weighted by atomic mass is 16.1. The zero-order valence-electron chi connectivity index (χ0n) is 6.97. The first-order valence-electron chi connectivity index (χ1n) is 4.51. The third kappa shape index (κ3) is 1.13. The van der Waals surface area contributed by atoms with Crippen LogP contribution in [-0.2, 0) is 4.79 Å². The molecule has 2 atom stereocenters. The number of hydrogen-bond acceptors (Lipinski definition) is 1. The third-order valence-electron chi connectivity index (χ3n) is 3.06. The number of hydrogen-bond donors (Lipinski definition) is 0. The van der Waals surface area contributed by atoms with E-state index >= 15 is 0 Å². The van der Waals surface area contributed by atoms with Crippen LogP contribution in [0.15, 0.2) is 11.6 Å². The predicted molar refractivity (Wildman–Crippen MR) is 44.2 cm³/mol. The van der Waals surface area contributed by atoms with Crippen LogP contribution in [-0.4, -0.2) is 5.78 Å². The van der Waals surface area contributed by atoms with E-state index in [1.54, 1.807) is 0 Å². The first kappa shape index (κ1) is 7.08. The Bertz CT molecular complexity index is 215. The van der Waals surface area contributed by atoms with Crippen LogP contribution in [0, 0.1) is 11.8 Å².